The van der Waals surface area contributed by atoms with Crippen LogP contribution in [0.4, 0.5) is 0 Å². The lowest BCUT2D eigenvalue weighted by Gasteiger charge is -2.20. The summed E-state index contributed by atoms with van der Waals surface area (Å²) >= 11 is 0. The summed E-state index contributed by atoms with van der Waals surface area (Å²) in [6.45, 7) is 4.83. The molecular formula is C15H21N3O3. The first kappa shape index (κ1) is 15.3. The molecule has 1 unspecified atom stereocenters. The normalized spacial score (nSPS) is 18.2. The van der Waals surface area contributed by atoms with Gasteiger partial charge >= 0.3 is 0 Å². The Hall–Kier alpha value is -2.11. The van der Waals surface area contributed by atoms with Crippen LogP contribution in [0, 0.1) is 5.92 Å². The molecule has 1 aromatic rings. The maximum Gasteiger partial charge on any atom is 0.225 e. The number of nitrogens with zero attached hydrogens (tertiary/aromatic N) is 2. The van der Waals surface area contributed by atoms with Crippen molar-refractivity contribution in [2.45, 2.75) is 32.9 Å². The summed E-state index contributed by atoms with van der Waals surface area (Å²) in [5, 5.41) is 2.86. The summed E-state index contributed by atoms with van der Waals surface area (Å²) in [4.78, 5) is 29.8. The molecule has 1 fully saturated rings. The summed E-state index contributed by atoms with van der Waals surface area (Å²) in [5.74, 6) is 0.253. The Morgan fingerprint density at radius 2 is 2.29 bits per heavy atom. The van der Waals surface area contributed by atoms with Gasteiger partial charge in [-0.25, -0.2) is 4.98 Å². The number of rotatable bonds is 5. The number of ether oxygens (including phenoxy) is 1. The van der Waals surface area contributed by atoms with Crippen molar-refractivity contribution in [2.24, 2.45) is 5.92 Å². The van der Waals surface area contributed by atoms with Crippen LogP contribution in [0.1, 0.15) is 25.8 Å². The van der Waals surface area contributed by atoms with E-state index in [1.807, 2.05) is 19.9 Å². The molecule has 1 aliphatic heterocycles. The van der Waals surface area contributed by atoms with Gasteiger partial charge in [-0.15, -0.1) is 0 Å². The molecule has 0 spiro atoms. The predicted molar refractivity (Wildman–Crippen MR) is 77.6 cm³/mol. The van der Waals surface area contributed by atoms with E-state index in [1.54, 1.807) is 24.3 Å². The van der Waals surface area contributed by atoms with E-state index in [4.69, 9.17) is 4.74 Å². The average molecular weight is 291 g/mol. The lowest BCUT2D eigenvalue weighted by Crippen LogP contribution is -2.35. The zero-order valence-corrected chi connectivity index (χ0v) is 12.6. The molecule has 0 aliphatic carbocycles. The fraction of sp³-hybridized carbons (Fsp3) is 0.533. The smallest absolute Gasteiger partial charge is 0.225 e. The molecule has 1 saturated heterocycles. The lowest BCUT2D eigenvalue weighted by atomic mass is 10.1. The zero-order valence-electron chi connectivity index (χ0n) is 12.6. The van der Waals surface area contributed by atoms with Crippen molar-refractivity contribution in [1.82, 2.24) is 15.2 Å². The standard InChI is InChI=1S/C15H21N3O3/c1-10(2)18-9-12(6-14(18)19)15(20)17-8-11-4-5-13(21-3)16-7-11/h4-5,7,10,12H,6,8-9H2,1-3H3,(H,17,20). The summed E-state index contributed by atoms with van der Waals surface area (Å²) in [6.07, 6.45) is 1.96. The lowest BCUT2D eigenvalue weighted by molar-refractivity contribution is -0.130. The molecule has 6 heteroatoms. The van der Waals surface area contributed by atoms with Crippen LogP contribution in [0.5, 0.6) is 5.88 Å². The fourth-order valence-electron chi connectivity index (χ4n) is 2.38. The molecule has 1 atom stereocenters. The van der Waals surface area contributed by atoms with E-state index < -0.39 is 0 Å². The van der Waals surface area contributed by atoms with Crippen molar-refractivity contribution in [1.29, 1.82) is 0 Å². The second-order valence-corrected chi connectivity index (χ2v) is 5.47. The van der Waals surface area contributed by atoms with E-state index in [9.17, 15) is 9.59 Å². The molecular weight excluding hydrogens is 270 g/mol. The van der Waals surface area contributed by atoms with E-state index in [2.05, 4.69) is 10.3 Å². The van der Waals surface area contributed by atoms with Crippen molar-refractivity contribution >= 4 is 11.8 Å². The van der Waals surface area contributed by atoms with Crippen LogP contribution in [-0.2, 0) is 16.1 Å². The van der Waals surface area contributed by atoms with Gasteiger partial charge in [0.15, 0.2) is 0 Å². The SMILES string of the molecule is COc1ccc(CNC(=O)C2CC(=O)N(C(C)C)C2)cn1. The minimum atomic E-state index is -0.258. The van der Waals surface area contributed by atoms with E-state index >= 15 is 0 Å². The summed E-state index contributed by atoms with van der Waals surface area (Å²) in [5.41, 5.74) is 0.897. The third kappa shape index (κ3) is 3.71. The Balaban J connectivity index is 1.86. The van der Waals surface area contributed by atoms with E-state index in [-0.39, 0.29) is 23.8 Å². The van der Waals surface area contributed by atoms with Crippen LogP contribution >= 0.6 is 0 Å². The van der Waals surface area contributed by atoms with Crippen LogP contribution in [0.25, 0.3) is 0 Å². The highest BCUT2D eigenvalue weighted by atomic mass is 16.5. The maximum atomic E-state index is 12.1. The van der Waals surface area contributed by atoms with E-state index in [0.717, 1.165) is 5.56 Å². The minimum absolute atomic E-state index is 0.0521. The number of carbonyl (C=O) groups is 2. The molecule has 21 heavy (non-hydrogen) atoms. The Morgan fingerprint density at radius 3 is 2.81 bits per heavy atom. The number of pyridine rings is 1. The van der Waals surface area contributed by atoms with Crippen molar-refractivity contribution < 1.29 is 14.3 Å². The zero-order chi connectivity index (χ0) is 15.4. The van der Waals surface area contributed by atoms with Crippen molar-refractivity contribution in [3.63, 3.8) is 0 Å². The van der Waals surface area contributed by atoms with Gasteiger partial charge in [0, 0.05) is 37.8 Å². The van der Waals surface area contributed by atoms with Crippen LogP contribution in [0.3, 0.4) is 0 Å². The average Bonchev–Trinajstić information content (AvgIpc) is 2.87. The van der Waals surface area contributed by atoms with Gasteiger partial charge in [-0.05, 0) is 19.4 Å². The molecule has 0 saturated carbocycles. The van der Waals surface area contributed by atoms with Crippen LogP contribution in [0.2, 0.25) is 0 Å². The largest absolute Gasteiger partial charge is 0.481 e. The monoisotopic (exact) mass is 291 g/mol. The van der Waals surface area contributed by atoms with Crippen molar-refractivity contribution in [3.8, 4) is 5.88 Å². The van der Waals surface area contributed by atoms with Gasteiger partial charge in [0.1, 0.15) is 0 Å². The van der Waals surface area contributed by atoms with Crippen molar-refractivity contribution in [2.75, 3.05) is 13.7 Å². The third-order valence-corrected chi connectivity index (χ3v) is 3.63. The van der Waals surface area contributed by atoms with Gasteiger partial charge in [0.2, 0.25) is 17.7 Å². The predicted octanol–water partition coefficient (Wildman–Crippen LogP) is 0.963. The number of hydrogen-bond donors (Lipinski definition) is 1. The summed E-state index contributed by atoms with van der Waals surface area (Å²) < 4.78 is 4.98. The van der Waals surface area contributed by atoms with Crippen LogP contribution in [0.15, 0.2) is 18.3 Å². The second kappa shape index (κ2) is 6.56. The van der Waals surface area contributed by atoms with Gasteiger partial charge in [-0.2, -0.15) is 0 Å². The Kier molecular flexibility index (Phi) is 4.77. The molecule has 114 valence electrons. The molecule has 0 bridgehead atoms. The van der Waals surface area contributed by atoms with Gasteiger partial charge in [0.05, 0.1) is 13.0 Å². The second-order valence-electron chi connectivity index (χ2n) is 5.47. The first-order valence-corrected chi connectivity index (χ1v) is 7.07. The van der Waals surface area contributed by atoms with Gasteiger partial charge in [-0.1, -0.05) is 6.07 Å². The number of methoxy groups -OCH3 is 1. The van der Waals surface area contributed by atoms with Crippen molar-refractivity contribution in [3.05, 3.63) is 23.9 Å². The number of aromatic nitrogens is 1. The molecule has 6 nitrogen and oxygen atoms in total. The van der Waals surface area contributed by atoms with E-state index in [0.29, 0.717) is 25.4 Å². The van der Waals surface area contributed by atoms with Gasteiger partial charge in [-0.3, -0.25) is 9.59 Å². The molecule has 0 radical (unpaired) electrons. The number of likely N-dealkylation sites (tertiary alicyclic amines) is 1. The first-order chi connectivity index (χ1) is 10.0. The third-order valence-electron chi connectivity index (χ3n) is 3.63. The highest BCUT2D eigenvalue weighted by molar-refractivity contribution is 5.89. The van der Waals surface area contributed by atoms with Gasteiger partial charge in [0.25, 0.3) is 0 Å². The molecule has 2 heterocycles. The van der Waals surface area contributed by atoms with Crippen LogP contribution in [-0.4, -0.2) is 41.4 Å². The number of nitrogens with one attached hydrogen (secondary N) is 1. The summed E-state index contributed by atoms with van der Waals surface area (Å²) in [6, 6.07) is 3.74. The Morgan fingerprint density at radius 1 is 1.52 bits per heavy atom. The number of carbonyl (C=O) groups excluding carboxylic acids is 2. The minimum Gasteiger partial charge on any atom is -0.481 e. The highest BCUT2D eigenvalue weighted by Gasteiger charge is 2.35. The molecule has 2 rings (SSSR count). The Bertz CT molecular complexity index is 513. The quantitative estimate of drug-likeness (QED) is 0.877. The molecule has 0 aromatic carbocycles. The molecule has 2 amide bonds. The molecule has 1 aliphatic rings. The topological polar surface area (TPSA) is 71.5 Å². The van der Waals surface area contributed by atoms with Crippen LogP contribution < -0.4 is 10.1 Å². The number of hydrogen-bond acceptors (Lipinski definition) is 4. The Labute approximate surface area is 124 Å². The maximum absolute atomic E-state index is 12.1. The fourth-order valence-corrected chi connectivity index (χ4v) is 2.38. The van der Waals surface area contributed by atoms with E-state index in [1.165, 1.54) is 0 Å². The highest BCUT2D eigenvalue weighted by Crippen LogP contribution is 2.20. The summed E-state index contributed by atoms with van der Waals surface area (Å²) in [7, 11) is 1.56. The first-order valence-electron chi connectivity index (χ1n) is 7.07. The molecule has 1 aromatic heterocycles. The molecule has 1 N–H and O–H groups in total. The number of amides is 2. The van der Waals surface area contributed by atoms with Gasteiger partial charge < -0.3 is 15.0 Å².